The third-order valence-electron chi connectivity index (χ3n) is 5.94. The smallest absolute Gasteiger partial charge is 0.411 e. The Hall–Kier alpha value is -2.82. The van der Waals surface area contributed by atoms with Gasteiger partial charge in [0.15, 0.2) is 0 Å². The standard InChI is InChI=1S/C24H28N2O3/c27-23(25-21-13-5-2-6-14-21)22-15-19-11-7-8-12-20(19)16-26(22)24(28)29-17-18-9-3-1-4-10-18/h1,3-4,7-12,21-22H,2,5-6,13-17H2,(H,25,27). The van der Waals surface area contributed by atoms with Crippen LogP contribution in [0.1, 0.15) is 48.8 Å². The van der Waals surface area contributed by atoms with E-state index in [1.165, 1.54) is 6.42 Å². The van der Waals surface area contributed by atoms with Gasteiger partial charge in [-0.2, -0.15) is 0 Å². The van der Waals surface area contributed by atoms with Gasteiger partial charge in [-0.15, -0.1) is 0 Å². The minimum Gasteiger partial charge on any atom is -0.445 e. The maximum absolute atomic E-state index is 13.1. The number of benzene rings is 2. The molecule has 1 unspecified atom stereocenters. The monoisotopic (exact) mass is 392 g/mol. The highest BCUT2D eigenvalue weighted by atomic mass is 16.6. The zero-order valence-corrected chi connectivity index (χ0v) is 16.7. The van der Waals surface area contributed by atoms with Crippen molar-refractivity contribution >= 4 is 12.0 Å². The van der Waals surface area contributed by atoms with E-state index in [0.29, 0.717) is 13.0 Å². The van der Waals surface area contributed by atoms with Crippen LogP contribution < -0.4 is 5.32 Å². The number of rotatable bonds is 4. The van der Waals surface area contributed by atoms with Crippen LogP contribution in [0.4, 0.5) is 4.79 Å². The average Bonchev–Trinajstić information content (AvgIpc) is 2.78. The molecular formula is C24H28N2O3. The highest BCUT2D eigenvalue weighted by molar-refractivity contribution is 5.86. The third kappa shape index (κ3) is 4.78. The second-order valence-electron chi connectivity index (χ2n) is 8.00. The first-order valence-corrected chi connectivity index (χ1v) is 10.5. The number of nitrogens with one attached hydrogen (secondary N) is 1. The summed E-state index contributed by atoms with van der Waals surface area (Å²) in [5, 5.41) is 3.19. The van der Waals surface area contributed by atoms with Crippen LogP contribution in [0.2, 0.25) is 0 Å². The van der Waals surface area contributed by atoms with E-state index >= 15 is 0 Å². The molecule has 1 heterocycles. The number of carbonyl (C=O) groups is 2. The van der Waals surface area contributed by atoms with Gasteiger partial charge in [0, 0.05) is 12.5 Å². The van der Waals surface area contributed by atoms with Gasteiger partial charge in [0.2, 0.25) is 5.91 Å². The van der Waals surface area contributed by atoms with Crippen molar-refractivity contribution < 1.29 is 14.3 Å². The fourth-order valence-corrected chi connectivity index (χ4v) is 4.30. The normalized spacial score (nSPS) is 19.3. The van der Waals surface area contributed by atoms with Gasteiger partial charge in [-0.05, 0) is 29.5 Å². The van der Waals surface area contributed by atoms with Crippen LogP contribution in [0.25, 0.3) is 0 Å². The summed E-state index contributed by atoms with van der Waals surface area (Å²) in [4.78, 5) is 27.6. The summed E-state index contributed by atoms with van der Waals surface area (Å²) in [6.45, 7) is 0.599. The molecule has 0 bridgehead atoms. The molecule has 0 spiro atoms. The van der Waals surface area contributed by atoms with Crippen molar-refractivity contribution in [2.24, 2.45) is 0 Å². The van der Waals surface area contributed by atoms with Crippen molar-refractivity contribution in [2.75, 3.05) is 0 Å². The highest BCUT2D eigenvalue weighted by Crippen LogP contribution is 2.25. The van der Waals surface area contributed by atoms with Crippen molar-refractivity contribution in [3.8, 4) is 0 Å². The predicted octanol–water partition coefficient (Wildman–Crippen LogP) is 4.20. The van der Waals surface area contributed by atoms with Crippen molar-refractivity contribution in [1.29, 1.82) is 0 Å². The van der Waals surface area contributed by atoms with Crippen LogP contribution in [0.5, 0.6) is 0 Å². The largest absolute Gasteiger partial charge is 0.445 e. The summed E-state index contributed by atoms with van der Waals surface area (Å²) < 4.78 is 5.56. The molecule has 0 radical (unpaired) electrons. The molecule has 5 nitrogen and oxygen atoms in total. The molecular weight excluding hydrogens is 364 g/mol. The van der Waals surface area contributed by atoms with Gasteiger partial charge in [-0.25, -0.2) is 4.79 Å². The molecule has 2 aromatic rings. The van der Waals surface area contributed by atoms with E-state index in [4.69, 9.17) is 4.74 Å². The Morgan fingerprint density at radius 2 is 1.62 bits per heavy atom. The lowest BCUT2D eigenvalue weighted by Crippen LogP contribution is -2.54. The molecule has 1 saturated carbocycles. The molecule has 4 rings (SSSR count). The zero-order chi connectivity index (χ0) is 20.1. The SMILES string of the molecule is O=C(NC1CCCCC1)C1Cc2ccccc2CN1C(=O)OCc1ccccc1. The molecule has 0 aromatic heterocycles. The lowest BCUT2D eigenvalue weighted by Gasteiger charge is -2.36. The van der Waals surface area contributed by atoms with E-state index in [1.54, 1.807) is 4.90 Å². The highest BCUT2D eigenvalue weighted by Gasteiger charge is 2.36. The van der Waals surface area contributed by atoms with E-state index in [-0.39, 0.29) is 18.6 Å². The van der Waals surface area contributed by atoms with Gasteiger partial charge in [0.1, 0.15) is 12.6 Å². The summed E-state index contributed by atoms with van der Waals surface area (Å²) in [6.07, 6.45) is 5.67. The first-order chi connectivity index (χ1) is 14.2. The molecule has 152 valence electrons. The molecule has 1 aliphatic heterocycles. The Morgan fingerprint density at radius 1 is 0.931 bits per heavy atom. The molecule has 1 atom stereocenters. The van der Waals surface area contributed by atoms with Crippen molar-refractivity contribution in [1.82, 2.24) is 10.2 Å². The van der Waals surface area contributed by atoms with Gasteiger partial charge in [-0.3, -0.25) is 9.69 Å². The summed E-state index contributed by atoms with van der Waals surface area (Å²) in [6, 6.07) is 17.3. The fourth-order valence-electron chi connectivity index (χ4n) is 4.30. The quantitative estimate of drug-likeness (QED) is 0.848. The minimum absolute atomic E-state index is 0.0666. The molecule has 1 fully saturated rings. The summed E-state index contributed by atoms with van der Waals surface area (Å²) >= 11 is 0. The number of nitrogens with zero attached hydrogens (tertiary/aromatic N) is 1. The number of ether oxygens (including phenoxy) is 1. The number of carbonyl (C=O) groups excluding carboxylic acids is 2. The van der Waals surface area contributed by atoms with Gasteiger partial charge >= 0.3 is 6.09 Å². The van der Waals surface area contributed by atoms with Crippen molar-refractivity contribution in [3.63, 3.8) is 0 Å². The van der Waals surface area contributed by atoms with E-state index in [1.807, 2.05) is 54.6 Å². The molecule has 2 amide bonds. The van der Waals surface area contributed by atoms with E-state index in [9.17, 15) is 9.59 Å². The number of fused-ring (bicyclic) bond motifs is 1. The Morgan fingerprint density at radius 3 is 2.38 bits per heavy atom. The van der Waals surface area contributed by atoms with Crippen molar-refractivity contribution in [3.05, 3.63) is 71.3 Å². The van der Waals surface area contributed by atoms with Gasteiger partial charge in [0.25, 0.3) is 0 Å². The van der Waals surface area contributed by atoms with E-state index in [2.05, 4.69) is 5.32 Å². The van der Waals surface area contributed by atoms with E-state index < -0.39 is 12.1 Å². The van der Waals surface area contributed by atoms with Gasteiger partial charge < -0.3 is 10.1 Å². The number of hydrogen-bond donors (Lipinski definition) is 1. The maximum atomic E-state index is 13.1. The van der Waals surface area contributed by atoms with Gasteiger partial charge in [0.05, 0.1) is 6.54 Å². The second kappa shape index (κ2) is 9.12. The third-order valence-corrected chi connectivity index (χ3v) is 5.94. The molecule has 2 aromatic carbocycles. The fraction of sp³-hybridized carbons (Fsp3) is 0.417. The first-order valence-electron chi connectivity index (χ1n) is 10.5. The maximum Gasteiger partial charge on any atom is 0.411 e. The number of amides is 2. The summed E-state index contributed by atoms with van der Waals surface area (Å²) in [7, 11) is 0. The molecule has 0 saturated heterocycles. The Balaban J connectivity index is 1.48. The lowest BCUT2D eigenvalue weighted by atomic mass is 9.92. The Labute approximate surface area is 172 Å². The lowest BCUT2D eigenvalue weighted by molar-refractivity contribution is -0.127. The molecule has 2 aliphatic rings. The van der Waals surface area contributed by atoms with Crippen LogP contribution >= 0.6 is 0 Å². The van der Waals surface area contributed by atoms with Crippen LogP contribution in [0.3, 0.4) is 0 Å². The Bertz CT molecular complexity index is 846. The molecule has 29 heavy (non-hydrogen) atoms. The minimum atomic E-state index is -0.532. The summed E-state index contributed by atoms with van der Waals surface area (Å²) in [5.74, 6) is -0.0666. The molecule has 1 aliphatic carbocycles. The van der Waals surface area contributed by atoms with Crippen LogP contribution in [0.15, 0.2) is 54.6 Å². The van der Waals surface area contributed by atoms with Crippen LogP contribution in [-0.4, -0.2) is 29.0 Å². The first kappa shape index (κ1) is 19.5. The predicted molar refractivity (Wildman–Crippen MR) is 111 cm³/mol. The van der Waals surface area contributed by atoms with Crippen molar-refractivity contribution in [2.45, 2.75) is 63.8 Å². The Kier molecular flexibility index (Phi) is 6.13. The zero-order valence-electron chi connectivity index (χ0n) is 16.7. The summed E-state index contributed by atoms with van der Waals surface area (Å²) in [5.41, 5.74) is 3.13. The van der Waals surface area contributed by atoms with Crippen LogP contribution in [-0.2, 0) is 29.1 Å². The van der Waals surface area contributed by atoms with Crippen LogP contribution in [0, 0.1) is 0 Å². The molecule has 1 N–H and O–H groups in total. The second-order valence-corrected chi connectivity index (χ2v) is 8.00. The van der Waals surface area contributed by atoms with E-state index in [0.717, 1.165) is 42.4 Å². The number of hydrogen-bond acceptors (Lipinski definition) is 3. The molecule has 5 heteroatoms. The van der Waals surface area contributed by atoms with Gasteiger partial charge in [-0.1, -0.05) is 73.9 Å². The average molecular weight is 392 g/mol. The topological polar surface area (TPSA) is 58.6 Å².